The summed E-state index contributed by atoms with van der Waals surface area (Å²) in [6.07, 6.45) is 5.08. The summed E-state index contributed by atoms with van der Waals surface area (Å²) in [6, 6.07) is 6.75. The van der Waals surface area contributed by atoms with E-state index in [2.05, 4.69) is 9.97 Å². The zero-order chi connectivity index (χ0) is 11.1. The van der Waals surface area contributed by atoms with Gasteiger partial charge in [0, 0.05) is 12.4 Å². The third kappa shape index (κ3) is 4.08. The van der Waals surface area contributed by atoms with Gasteiger partial charge in [0.2, 0.25) is 0 Å². The van der Waals surface area contributed by atoms with Gasteiger partial charge in [0.15, 0.2) is 0 Å². The molecule has 1 heterocycles. The summed E-state index contributed by atoms with van der Waals surface area (Å²) in [7, 11) is 0. The van der Waals surface area contributed by atoms with Gasteiger partial charge in [-0.05, 0) is 19.1 Å². The summed E-state index contributed by atoms with van der Waals surface area (Å²) in [5.41, 5.74) is 1.41. The molecule has 0 saturated heterocycles. The summed E-state index contributed by atoms with van der Waals surface area (Å²) in [4.78, 5) is 16.7. The minimum atomic E-state index is -0.875. The molecule has 2 aromatic rings. The molecule has 1 aromatic heterocycles. The number of benzene rings is 1. The number of carboxylic acids is 1. The molecule has 0 saturated carbocycles. The van der Waals surface area contributed by atoms with Crippen LogP contribution in [0.4, 0.5) is 0 Å². The molecule has 4 heteroatoms. The van der Waals surface area contributed by atoms with E-state index >= 15 is 0 Å². The van der Waals surface area contributed by atoms with Crippen molar-refractivity contribution in [2.45, 2.75) is 6.92 Å². The number of rotatable bonds is 1. The molecule has 0 aliphatic carbocycles. The summed E-state index contributed by atoms with van der Waals surface area (Å²) in [5.74, 6) is -0.875. The number of hydrogen-bond donors (Lipinski definition) is 2. The zero-order valence-electron chi connectivity index (χ0n) is 8.34. The number of H-pyrrole nitrogens is 1. The van der Waals surface area contributed by atoms with Gasteiger partial charge in [-0.25, -0.2) is 9.78 Å². The fourth-order valence-corrected chi connectivity index (χ4v) is 0.911. The van der Waals surface area contributed by atoms with Crippen molar-refractivity contribution in [2.24, 2.45) is 0 Å². The molecule has 0 aliphatic rings. The molecule has 78 valence electrons. The van der Waals surface area contributed by atoms with Gasteiger partial charge >= 0.3 is 5.97 Å². The van der Waals surface area contributed by atoms with Crippen LogP contribution in [0.3, 0.4) is 0 Å². The van der Waals surface area contributed by atoms with Crippen molar-refractivity contribution in [3.8, 4) is 0 Å². The predicted octanol–water partition coefficient (Wildman–Crippen LogP) is 2.10. The Hall–Kier alpha value is -2.10. The predicted molar refractivity (Wildman–Crippen MR) is 56.7 cm³/mol. The van der Waals surface area contributed by atoms with E-state index in [1.807, 2.05) is 6.92 Å². The lowest BCUT2D eigenvalue weighted by molar-refractivity contribution is 0.0697. The van der Waals surface area contributed by atoms with Crippen LogP contribution in [0.5, 0.6) is 0 Å². The number of imidazole rings is 1. The number of hydrogen-bond acceptors (Lipinski definition) is 2. The zero-order valence-corrected chi connectivity index (χ0v) is 8.34. The number of carboxylic acid groups (broad SMARTS) is 1. The lowest BCUT2D eigenvalue weighted by Gasteiger charge is -1.92. The molecule has 0 aliphatic heterocycles. The van der Waals surface area contributed by atoms with Gasteiger partial charge in [-0.2, -0.15) is 0 Å². The minimum Gasteiger partial charge on any atom is -0.478 e. The number of aromatic carboxylic acids is 1. The smallest absolute Gasteiger partial charge is 0.335 e. The molecule has 2 rings (SSSR count). The molecule has 0 radical (unpaired) electrons. The van der Waals surface area contributed by atoms with Crippen LogP contribution >= 0.6 is 0 Å². The Labute approximate surface area is 87.6 Å². The quantitative estimate of drug-likeness (QED) is 0.747. The summed E-state index contributed by atoms with van der Waals surface area (Å²) >= 11 is 0. The van der Waals surface area contributed by atoms with Crippen LogP contribution in [0, 0.1) is 6.92 Å². The van der Waals surface area contributed by atoms with E-state index in [1.54, 1.807) is 43.0 Å². The van der Waals surface area contributed by atoms with E-state index in [0.29, 0.717) is 5.56 Å². The van der Waals surface area contributed by atoms with E-state index in [4.69, 9.17) is 5.11 Å². The third-order valence-corrected chi connectivity index (χ3v) is 1.70. The minimum absolute atomic E-state index is 0.339. The average molecular weight is 204 g/mol. The highest BCUT2D eigenvalue weighted by atomic mass is 16.4. The van der Waals surface area contributed by atoms with Crippen molar-refractivity contribution in [3.05, 3.63) is 54.1 Å². The molecular formula is C11H12N2O2. The molecule has 0 amide bonds. The molecule has 15 heavy (non-hydrogen) atoms. The normalized spacial score (nSPS) is 8.87. The van der Waals surface area contributed by atoms with Gasteiger partial charge in [0.1, 0.15) is 0 Å². The first-order valence-electron chi connectivity index (χ1n) is 4.43. The average Bonchev–Trinajstić information content (AvgIpc) is 2.76. The number of aryl methyl sites for hydroxylation is 1. The van der Waals surface area contributed by atoms with Gasteiger partial charge < -0.3 is 10.1 Å². The Bertz CT molecular complexity index is 376. The monoisotopic (exact) mass is 204 g/mol. The molecule has 0 unspecified atom stereocenters. The van der Waals surface area contributed by atoms with Crippen molar-refractivity contribution in [2.75, 3.05) is 0 Å². The van der Waals surface area contributed by atoms with E-state index in [-0.39, 0.29) is 0 Å². The topological polar surface area (TPSA) is 66.0 Å². The van der Waals surface area contributed by atoms with Crippen LogP contribution in [0.15, 0.2) is 43.0 Å². The van der Waals surface area contributed by atoms with Crippen LogP contribution in [-0.2, 0) is 0 Å². The molecule has 2 N–H and O–H groups in total. The number of nitrogens with zero attached hydrogens (tertiary/aromatic N) is 1. The Morgan fingerprint density at radius 1 is 1.33 bits per heavy atom. The first-order valence-corrected chi connectivity index (χ1v) is 4.43. The number of aromatic nitrogens is 2. The molecule has 1 aromatic carbocycles. The van der Waals surface area contributed by atoms with Crippen LogP contribution in [0.1, 0.15) is 15.9 Å². The van der Waals surface area contributed by atoms with Gasteiger partial charge in [0.25, 0.3) is 0 Å². The van der Waals surface area contributed by atoms with Crippen molar-refractivity contribution >= 4 is 5.97 Å². The Morgan fingerprint density at radius 3 is 2.33 bits per heavy atom. The van der Waals surface area contributed by atoms with Crippen LogP contribution in [0.25, 0.3) is 0 Å². The maximum atomic E-state index is 10.3. The highest BCUT2D eigenvalue weighted by Gasteiger charge is 1.98. The third-order valence-electron chi connectivity index (χ3n) is 1.70. The second-order valence-corrected chi connectivity index (χ2v) is 2.93. The molecule has 0 atom stereocenters. The first-order chi connectivity index (χ1) is 7.20. The van der Waals surface area contributed by atoms with Gasteiger partial charge in [-0.1, -0.05) is 17.7 Å². The van der Waals surface area contributed by atoms with Gasteiger partial charge in [-0.15, -0.1) is 0 Å². The summed E-state index contributed by atoms with van der Waals surface area (Å²) < 4.78 is 0. The number of aromatic amines is 1. The molecular weight excluding hydrogens is 192 g/mol. The lowest BCUT2D eigenvalue weighted by atomic mass is 10.2. The molecule has 0 spiro atoms. The van der Waals surface area contributed by atoms with Gasteiger partial charge in [0.05, 0.1) is 11.9 Å². The first kappa shape index (κ1) is 11.0. The summed E-state index contributed by atoms with van der Waals surface area (Å²) in [6.45, 7) is 1.92. The Morgan fingerprint density at radius 2 is 2.00 bits per heavy atom. The van der Waals surface area contributed by atoms with Crippen LogP contribution < -0.4 is 0 Å². The van der Waals surface area contributed by atoms with Crippen molar-refractivity contribution in [1.29, 1.82) is 0 Å². The van der Waals surface area contributed by atoms with E-state index in [1.165, 1.54) is 0 Å². The van der Waals surface area contributed by atoms with Crippen LogP contribution in [-0.4, -0.2) is 21.0 Å². The maximum absolute atomic E-state index is 10.3. The molecule has 4 nitrogen and oxygen atoms in total. The maximum Gasteiger partial charge on any atom is 0.335 e. The van der Waals surface area contributed by atoms with E-state index < -0.39 is 5.97 Å². The highest BCUT2D eigenvalue weighted by Crippen LogP contribution is 2.01. The second-order valence-electron chi connectivity index (χ2n) is 2.93. The number of nitrogens with one attached hydrogen (secondary N) is 1. The van der Waals surface area contributed by atoms with Crippen LogP contribution in [0.2, 0.25) is 0 Å². The van der Waals surface area contributed by atoms with E-state index in [0.717, 1.165) is 5.56 Å². The fraction of sp³-hybridized carbons (Fsp3) is 0.0909. The highest BCUT2D eigenvalue weighted by molar-refractivity contribution is 5.87. The summed E-state index contributed by atoms with van der Waals surface area (Å²) in [5, 5.41) is 8.48. The van der Waals surface area contributed by atoms with Crippen molar-refractivity contribution in [3.63, 3.8) is 0 Å². The van der Waals surface area contributed by atoms with Crippen molar-refractivity contribution < 1.29 is 9.90 Å². The largest absolute Gasteiger partial charge is 0.478 e. The van der Waals surface area contributed by atoms with E-state index in [9.17, 15) is 4.79 Å². The molecule has 0 bridgehead atoms. The Balaban J connectivity index is 0.000000187. The standard InChI is InChI=1S/C8H8O2.C3H4N2/c1-6-2-4-7(5-3-6)8(9)10;1-2-5-3-4-1/h2-5H,1H3,(H,9,10);1-3H,(H,4,5). The fourth-order valence-electron chi connectivity index (χ4n) is 0.911. The molecule has 0 fully saturated rings. The van der Waals surface area contributed by atoms with Crippen molar-refractivity contribution in [1.82, 2.24) is 9.97 Å². The second kappa shape index (κ2) is 5.59. The SMILES string of the molecule is Cc1ccc(C(=O)O)cc1.c1c[nH]cn1. The number of carbonyl (C=O) groups is 1. The lowest BCUT2D eigenvalue weighted by Crippen LogP contribution is -1.94. The van der Waals surface area contributed by atoms with Gasteiger partial charge in [-0.3, -0.25) is 0 Å². The Kier molecular flexibility index (Phi) is 4.09.